The summed E-state index contributed by atoms with van der Waals surface area (Å²) >= 11 is 0. The predicted molar refractivity (Wildman–Crippen MR) is 400 cm³/mol. The van der Waals surface area contributed by atoms with E-state index in [4.69, 9.17) is 37.0 Å². The summed E-state index contributed by atoms with van der Waals surface area (Å²) in [4.78, 5) is 72.7. The Morgan fingerprint density at radius 2 is 0.490 bits per heavy atom. The molecule has 0 aromatic rings. The molecule has 0 aromatic carbocycles. The third-order valence-corrected chi connectivity index (χ3v) is 20.8. The van der Waals surface area contributed by atoms with Crippen LogP contribution in [0.25, 0.3) is 0 Å². The number of carbonyl (C=O) groups excluding carboxylic acids is 4. The van der Waals surface area contributed by atoms with Crippen LogP contribution in [-0.2, 0) is 65.4 Å². The van der Waals surface area contributed by atoms with Crippen molar-refractivity contribution in [2.45, 2.75) is 438 Å². The van der Waals surface area contributed by atoms with E-state index in [0.29, 0.717) is 25.7 Å². The van der Waals surface area contributed by atoms with Crippen LogP contribution in [0.4, 0.5) is 0 Å². The molecule has 0 bridgehead atoms. The molecule has 98 heavy (non-hydrogen) atoms. The van der Waals surface area contributed by atoms with Gasteiger partial charge in [0.15, 0.2) is 12.2 Å². The molecule has 17 nitrogen and oxygen atoms in total. The zero-order valence-electron chi connectivity index (χ0n) is 63.9. The molecule has 0 saturated carbocycles. The molecule has 0 aliphatic rings. The quantitative estimate of drug-likeness (QED) is 0.0222. The average Bonchev–Trinajstić information content (AvgIpc) is 1.14. The Morgan fingerprint density at radius 3 is 0.724 bits per heavy atom. The van der Waals surface area contributed by atoms with Crippen LogP contribution in [0.15, 0.2) is 0 Å². The molecular weight excluding hydrogens is 1280 g/mol. The first-order valence-electron chi connectivity index (χ1n) is 41.2. The van der Waals surface area contributed by atoms with E-state index in [-0.39, 0.29) is 25.7 Å². The highest BCUT2D eigenvalue weighted by atomic mass is 31.2. The summed E-state index contributed by atoms with van der Waals surface area (Å²) in [5.41, 5.74) is 0. The Balaban J connectivity index is 5.13. The minimum absolute atomic E-state index is 0.106. The molecule has 19 heteroatoms. The van der Waals surface area contributed by atoms with Crippen molar-refractivity contribution in [3.63, 3.8) is 0 Å². The fraction of sp³-hybridized carbons (Fsp3) is 0.949. The molecule has 0 rings (SSSR count). The number of hydrogen-bond acceptors (Lipinski definition) is 15. The lowest BCUT2D eigenvalue weighted by Gasteiger charge is -2.21. The highest BCUT2D eigenvalue weighted by molar-refractivity contribution is 7.47. The van der Waals surface area contributed by atoms with Crippen LogP contribution in [0.3, 0.4) is 0 Å². The number of carbonyl (C=O) groups is 4. The molecule has 0 fully saturated rings. The van der Waals surface area contributed by atoms with Crippen LogP contribution in [0.1, 0.15) is 420 Å². The minimum atomic E-state index is -4.96. The second-order valence-corrected chi connectivity index (χ2v) is 31.6. The fourth-order valence-electron chi connectivity index (χ4n) is 12.2. The highest BCUT2D eigenvalue weighted by Crippen LogP contribution is 2.45. The molecule has 0 aliphatic carbocycles. The minimum Gasteiger partial charge on any atom is -0.462 e. The zero-order chi connectivity index (χ0) is 71.9. The lowest BCUT2D eigenvalue weighted by Crippen LogP contribution is -2.30. The Bertz CT molecular complexity index is 1880. The molecule has 0 heterocycles. The van der Waals surface area contributed by atoms with Gasteiger partial charge in [0.25, 0.3) is 0 Å². The van der Waals surface area contributed by atoms with Gasteiger partial charge in [0.05, 0.1) is 26.4 Å². The number of aliphatic hydroxyl groups is 1. The van der Waals surface area contributed by atoms with Crippen LogP contribution >= 0.6 is 15.6 Å². The smallest absolute Gasteiger partial charge is 0.462 e. The Kier molecular flexibility index (Phi) is 70.6. The summed E-state index contributed by atoms with van der Waals surface area (Å²) in [6, 6.07) is 0. The highest BCUT2D eigenvalue weighted by Gasteiger charge is 2.30. The summed E-state index contributed by atoms with van der Waals surface area (Å²) in [5, 5.41) is 10.6. The number of phosphoric acid groups is 2. The topological polar surface area (TPSA) is 237 Å². The summed E-state index contributed by atoms with van der Waals surface area (Å²) in [5.74, 6) is -1.24. The molecule has 0 saturated heterocycles. The summed E-state index contributed by atoms with van der Waals surface area (Å²) in [7, 11) is -9.90. The van der Waals surface area contributed by atoms with E-state index in [0.717, 1.165) is 109 Å². The Morgan fingerprint density at radius 1 is 0.286 bits per heavy atom. The van der Waals surface area contributed by atoms with Gasteiger partial charge in [-0.15, -0.1) is 0 Å². The Labute approximate surface area is 600 Å². The number of aliphatic hydroxyl groups excluding tert-OH is 1. The lowest BCUT2D eigenvalue weighted by molar-refractivity contribution is -0.161. The van der Waals surface area contributed by atoms with Gasteiger partial charge in [-0.3, -0.25) is 37.3 Å². The van der Waals surface area contributed by atoms with Crippen molar-refractivity contribution in [3.8, 4) is 0 Å². The van der Waals surface area contributed by atoms with E-state index in [1.165, 1.54) is 231 Å². The van der Waals surface area contributed by atoms with Crippen LogP contribution in [0.2, 0.25) is 0 Å². The normalized spacial score (nSPS) is 14.2. The van der Waals surface area contributed by atoms with Gasteiger partial charge >= 0.3 is 39.5 Å². The van der Waals surface area contributed by atoms with Gasteiger partial charge in [-0.05, 0) is 31.6 Å². The van der Waals surface area contributed by atoms with Crippen molar-refractivity contribution in [3.05, 3.63) is 0 Å². The first kappa shape index (κ1) is 96.1. The van der Waals surface area contributed by atoms with Gasteiger partial charge < -0.3 is 33.8 Å². The molecule has 0 spiro atoms. The van der Waals surface area contributed by atoms with Crippen molar-refractivity contribution in [1.82, 2.24) is 0 Å². The second kappa shape index (κ2) is 72.0. The lowest BCUT2D eigenvalue weighted by atomic mass is 9.99. The maximum Gasteiger partial charge on any atom is 0.472 e. The third kappa shape index (κ3) is 71.1. The fourth-order valence-corrected chi connectivity index (χ4v) is 13.8. The summed E-state index contributed by atoms with van der Waals surface area (Å²) in [6.07, 6.45) is 62.7. The molecule has 0 radical (unpaired) electrons. The van der Waals surface area contributed by atoms with E-state index >= 15 is 0 Å². The van der Waals surface area contributed by atoms with Gasteiger partial charge in [-0.25, -0.2) is 9.13 Å². The van der Waals surface area contributed by atoms with Crippen molar-refractivity contribution < 1.29 is 80.2 Å². The average molecular weight is 1440 g/mol. The molecule has 582 valence electrons. The molecule has 0 aromatic heterocycles. The molecule has 0 amide bonds. The standard InChI is InChI=1S/C79H154O17P2/c1-6-10-13-16-19-21-23-24-25-26-27-31-34-37-40-44-48-53-58-63-77(82)90-69-75(96-79(84)65-60-55-50-45-41-38-35-32-29-28-30-33-36-39-42-47-51-56-61-72(5)9-4)71-94-98(87,88)92-67-73(80)66-91-97(85,86)93-70-74(68-89-76(81)62-57-52-46-18-15-12-8-3)95-78(83)64-59-54-49-43-22-20-17-14-11-7-2/h72-75,80H,6-71H2,1-5H3,(H,85,86)(H,87,88)/t72?,73-,74+,75+/m0/s1. The largest absolute Gasteiger partial charge is 0.472 e. The van der Waals surface area contributed by atoms with Crippen LogP contribution in [0, 0.1) is 5.92 Å². The van der Waals surface area contributed by atoms with Gasteiger partial charge in [-0.1, -0.05) is 369 Å². The summed E-state index contributed by atoms with van der Waals surface area (Å²) < 4.78 is 68.4. The van der Waals surface area contributed by atoms with Crippen LogP contribution in [0.5, 0.6) is 0 Å². The maximum atomic E-state index is 13.1. The van der Waals surface area contributed by atoms with Crippen molar-refractivity contribution in [1.29, 1.82) is 0 Å². The second-order valence-electron chi connectivity index (χ2n) is 28.7. The third-order valence-electron chi connectivity index (χ3n) is 18.9. The number of ether oxygens (including phenoxy) is 4. The first-order chi connectivity index (χ1) is 47.6. The van der Waals surface area contributed by atoms with Gasteiger partial charge in [-0.2, -0.15) is 0 Å². The zero-order valence-corrected chi connectivity index (χ0v) is 65.7. The van der Waals surface area contributed by atoms with E-state index in [9.17, 15) is 43.2 Å². The number of hydrogen-bond donors (Lipinski definition) is 3. The molecule has 3 unspecified atom stereocenters. The number of unbranched alkanes of at least 4 members (excludes halogenated alkanes) is 50. The Hall–Kier alpha value is -1.94. The van der Waals surface area contributed by atoms with E-state index in [1.54, 1.807) is 0 Å². The summed E-state index contributed by atoms with van der Waals surface area (Å²) in [6.45, 7) is 7.32. The van der Waals surface area contributed by atoms with Gasteiger partial charge in [0.2, 0.25) is 0 Å². The maximum absolute atomic E-state index is 13.1. The van der Waals surface area contributed by atoms with E-state index < -0.39 is 97.5 Å². The van der Waals surface area contributed by atoms with Gasteiger partial charge in [0.1, 0.15) is 19.3 Å². The molecule has 0 aliphatic heterocycles. The predicted octanol–water partition coefficient (Wildman–Crippen LogP) is 23.6. The SMILES string of the molecule is CCCCCCCCCCCCCCCCCCCCCC(=O)OC[C@H](COP(=O)(O)OC[C@@H](O)COP(=O)(O)OC[C@@H](COC(=O)CCCCCCCCC)OC(=O)CCCCCCCCCCCC)OC(=O)CCCCCCCCCCCCCCCCCCCCC(C)CC. The van der Waals surface area contributed by atoms with Crippen LogP contribution < -0.4 is 0 Å². The van der Waals surface area contributed by atoms with Crippen molar-refractivity contribution >= 4 is 39.5 Å². The van der Waals surface area contributed by atoms with Crippen molar-refractivity contribution in [2.24, 2.45) is 5.92 Å². The van der Waals surface area contributed by atoms with Crippen molar-refractivity contribution in [2.75, 3.05) is 39.6 Å². The molecular formula is C79H154O17P2. The number of rotatable bonds is 79. The number of esters is 4. The number of phosphoric ester groups is 2. The molecule has 6 atom stereocenters. The van der Waals surface area contributed by atoms with E-state index in [1.807, 2.05) is 0 Å². The monoisotopic (exact) mass is 1440 g/mol. The van der Waals surface area contributed by atoms with Crippen LogP contribution in [-0.4, -0.2) is 96.7 Å². The van der Waals surface area contributed by atoms with Gasteiger partial charge in [0, 0.05) is 25.7 Å². The molecule has 3 N–H and O–H groups in total. The first-order valence-corrected chi connectivity index (χ1v) is 44.2. The van der Waals surface area contributed by atoms with E-state index in [2.05, 4.69) is 34.6 Å².